The molecule has 2 aliphatic rings. The number of thiophene rings is 1. The Kier molecular flexibility index (Phi) is 8.44. The summed E-state index contributed by atoms with van der Waals surface area (Å²) < 4.78 is 9.79. The summed E-state index contributed by atoms with van der Waals surface area (Å²) in [5, 5.41) is 29.1. The van der Waals surface area contributed by atoms with E-state index in [1.165, 1.54) is 29.4 Å². The maximum Gasteiger partial charge on any atom is 0.251 e. The first-order valence-corrected chi connectivity index (χ1v) is 15.2. The standard InChI is InChI=1S/C28H30N10OS2/c1-19-18-22(31-34-25-9-10-26(40-25)37-11-3-4-12-37)6-7-23(19)32-30-21-5-8-24(20(2)17-21)33-35-28-29-27(36-41-28)38-13-15-39-16-14-38/h5-10,17-18H,3-4,11-16H2,1-2H3/b32-30+,34-31+,35-33+. The third-order valence-electron chi connectivity index (χ3n) is 6.84. The zero-order valence-electron chi connectivity index (χ0n) is 23.0. The average molecular weight is 587 g/mol. The summed E-state index contributed by atoms with van der Waals surface area (Å²) >= 11 is 2.92. The number of hydrogen-bond donors (Lipinski definition) is 0. The molecule has 2 fully saturated rings. The monoisotopic (exact) mass is 586 g/mol. The largest absolute Gasteiger partial charge is 0.378 e. The Bertz CT molecular complexity index is 1580. The summed E-state index contributed by atoms with van der Waals surface area (Å²) in [6.07, 6.45) is 2.52. The molecule has 0 radical (unpaired) electrons. The summed E-state index contributed by atoms with van der Waals surface area (Å²) in [7, 11) is 0. The van der Waals surface area contributed by atoms with Crippen molar-refractivity contribution in [3.05, 3.63) is 59.7 Å². The van der Waals surface area contributed by atoms with Crippen molar-refractivity contribution in [2.24, 2.45) is 30.7 Å². The van der Waals surface area contributed by atoms with Gasteiger partial charge in [-0.15, -0.1) is 20.5 Å². The summed E-state index contributed by atoms with van der Waals surface area (Å²) in [5.74, 6) is 0.681. The van der Waals surface area contributed by atoms with Crippen molar-refractivity contribution >= 4 is 66.7 Å². The lowest BCUT2D eigenvalue weighted by molar-refractivity contribution is 0.122. The molecule has 2 aromatic heterocycles. The minimum atomic E-state index is 0.523. The number of hydrogen-bond acceptors (Lipinski definition) is 13. The van der Waals surface area contributed by atoms with Crippen molar-refractivity contribution in [2.45, 2.75) is 26.7 Å². The van der Waals surface area contributed by atoms with Crippen molar-refractivity contribution in [1.82, 2.24) is 9.36 Å². The molecule has 11 nitrogen and oxygen atoms in total. The second-order valence-corrected chi connectivity index (χ2v) is 11.6. The van der Waals surface area contributed by atoms with Crippen LogP contribution in [0.15, 0.2) is 79.2 Å². The molecule has 0 saturated carbocycles. The van der Waals surface area contributed by atoms with Crippen molar-refractivity contribution in [1.29, 1.82) is 0 Å². The van der Waals surface area contributed by atoms with Crippen molar-refractivity contribution in [3.63, 3.8) is 0 Å². The molecule has 2 aliphatic heterocycles. The van der Waals surface area contributed by atoms with Crippen LogP contribution in [0.25, 0.3) is 0 Å². The molecule has 0 bridgehead atoms. The number of morpholine rings is 1. The fourth-order valence-corrected chi connectivity index (χ4v) is 5.96. The van der Waals surface area contributed by atoms with Gasteiger partial charge in [0.25, 0.3) is 5.13 Å². The van der Waals surface area contributed by atoms with Gasteiger partial charge in [0.1, 0.15) is 5.00 Å². The van der Waals surface area contributed by atoms with Crippen LogP contribution in [0.4, 0.5) is 43.8 Å². The molecule has 0 atom stereocenters. The van der Waals surface area contributed by atoms with Gasteiger partial charge in [-0.1, -0.05) is 11.3 Å². The summed E-state index contributed by atoms with van der Waals surface area (Å²) in [4.78, 5) is 8.99. The molecule has 41 heavy (non-hydrogen) atoms. The maximum absolute atomic E-state index is 5.39. The smallest absolute Gasteiger partial charge is 0.251 e. The first-order valence-electron chi connectivity index (χ1n) is 13.6. The van der Waals surface area contributed by atoms with Crippen LogP contribution >= 0.6 is 22.9 Å². The Labute approximate surface area is 246 Å². The average Bonchev–Trinajstić information content (AvgIpc) is 3.78. The summed E-state index contributed by atoms with van der Waals surface area (Å²) in [6, 6.07) is 15.7. The van der Waals surface area contributed by atoms with Gasteiger partial charge in [0.15, 0.2) is 0 Å². The normalized spacial score (nSPS) is 16.2. The maximum atomic E-state index is 5.39. The number of anilines is 2. The van der Waals surface area contributed by atoms with Gasteiger partial charge in [-0.2, -0.15) is 19.6 Å². The van der Waals surface area contributed by atoms with Gasteiger partial charge in [-0.05, 0) is 86.3 Å². The molecule has 0 amide bonds. The molecule has 210 valence electrons. The highest BCUT2D eigenvalue weighted by atomic mass is 32.1. The Balaban J connectivity index is 1.07. The lowest BCUT2D eigenvalue weighted by Gasteiger charge is -2.25. The molecule has 4 heterocycles. The van der Waals surface area contributed by atoms with Crippen LogP contribution < -0.4 is 9.80 Å². The van der Waals surface area contributed by atoms with Crippen molar-refractivity contribution < 1.29 is 4.74 Å². The molecule has 0 aliphatic carbocycles. The Morgan fingerprint density at radius 3 is 2.05 bits per heavy atom. The van der Waals surface area contributed by atoms with E-state index >= 15 is 0 Å². The number of aromatic nitrogens is 2. The van der Waals surface area contributed by atoms with Gasteiger partial charge in [0.2, 0.25) is 5.95 Å². The van der Waals surface area contributed by atoms with Crippen LogP contribution in [0.3, 0.4) is 0 Å². The van der Waals surface area contributed by atoms with Crippen LogP contribution in [0, 0.1) is 13.8 Å². The first kappa shape index (κ1) is 27.2. The van der Waals surface area contributed by atoms with Gasteiger partial charge in [0, 0.05) is 37.7 Å². The van der Waals surface area contributed by atoms with E-state index < -0.39 is 0 Å². The topological polar surface area (TPSA) is 116 Å². The van der Waals surface area contributed by atoms with Crippen LogP contribution in [0.1, 0.15) is 24.0 Å². The molecule has 0 spiro atoms. The van der Waals surface area contributed by atoms with Gasteiger partial charge >= 0.3 is 0 Å². The quantitative estimate of drug-likeness (QED) is 0.191. The highest BCUT2D eigenvalue weighted by Crippen LogP contribution is 2.35. The summed E-state index contributed by atoms with van der Waals surface area (Å²) in [5.41, 5.74) is 4.97. The highest BCUT2D eigenvalue weighted by molar-refractivity contribution is 7.19. The van der Waals surface area contributed by atoms with E-state index in [1.807, 2.05) is 56.3 Å². The van der Waals surface area contributed by atoms with Crippen LogP contribution in [-0.2, 0) is 4.74 Å². The SMILES string of the molecule is Cc1cc(/N=N/c2ccc(N3CCCC3)s2)ccc1/N=N/c1ccc(/N=N/c2nc(N3CCOCC3)ns2)c(C)c1. The second kappa shape index (κ2) is 12.7. The lowest BCUT2D eigenvalue weighted by Crippen LogP contribution is -2.36. The number of aryl methyl sites for hydroxylation is 2. The van der Waals surface area contributed by atoms with E-state index in [0.717, 1.165) is 65.1 Å². The fourth-order valence-electron chi connectivity index (χ4n) is 4.56. The van der Waals surface area contributed by atoms with Gasteiger partial charge in [-0.25, -0.2) is 0 Å². The molecule has 6 rings (SSSR count). The number of ether oxygens (including phenoxy) is 1. The van der Waals surface area contributed by atoms with E-state index in [9.17, 15) is 0 Å². The number of nitrogens with zero attached hydrogens (tertiary/aromatic N) is 10. The van der Waals surface area contributed by atoms with Gasteiger partial charge < -0.3 is 14.5 Å². The van der Waals surface area contributed by atoms with Crippen molar-refractivity contribution in [2.75, 3.05) is 49.2 Å². The molecule has 2 aromatic carbocycles. The van der Waals surface area contributed by atoms with E-state index in [0.29, 0.717) is 24.3 Å². The molecule has 0 unspecified atom stereocenters. The molecule has 13 heteroatoms. The third kappa shape index (κ3) is 6.87. The van der Waals surface area contributed by atoms with E-state index in [-0.39, 0.29) is 0 Å². The Hall–Kier alpha value is -3.94. The molecule has 0 N–H and O–H groups in total. The zero-order valence-corrected chi connectivity index (χ0v) is 24.6. The molecular weight excluding hydrogens is 557 g/mol. The van der Waals surface area contributed by atoms with Gasteiger partial charge in [-0.3, -0.25) is 0 Å². The Morgan fingerprint density at radius 1 is 0.707 bits per heavy atom. The summed E-state index contributed by atoms with van der Waals surface area (Å²) in [6.45, 7) is 9.17. The predicted octanol–water partition coefficient (Wildman–Crippen LogP) is 8.90. The molecular formula is C28H30N10OS2. The lowest BCUT2D eigenvalue weighted by atomic mass is 10.2. The Morgan fingerprint density at radius 2 is 1.37 bits per heavy atom. The number of azo groups is 3. The second-order valence-electron chi connectivity index (χ2n) is 9.82. The van der Waals surface area contributed by atoms with E-state index in [1.54, 1.807) is 11.3 Å². The number of benzene rings is 2. The molecule has 4 aromatic rings. The first-order chi connectivity index (χ1) is 20.1. The van der Waals surface area contributed by atoms with Crippen LogP contribution in [-0.4, -0.2) is 48.8 Å². The molecule has 2 saturated heterocycles. The zero-order chi connectivity index (χ0) is 28.0. The van der Waals surface area contributed by atoms with E-state index in [2.05, 4.69) is 55.9 Å². The predicted molar refractivity (Wildman–Crippen MR) is 164 cm³/mol. The van der Waals surface area contributed by atoms with Gasteiger partial charge in [0.05, 0.1) is 41.0 Å². The third-order valence-corrected chi connectivity index (χ3v) is 8.46. The van der Waals surface area contributed by atoms with Crippen LogP contribution in [0.2, 0.25) is 0 Å². The minimum Gasteiger partial charge on any atom is -0.378 e. The van der Waals surface area contributed by atoms with E-state index in [4.69, 9.17) is 4.74 Å². The fraction of sp³-hybridized carbons (Fsp3) is 0.357. The van der Waals surface area contributed by atoms with Crippen molar-refractivity contribution in [3.8, 4) is 0 Å². The number of rotatable bonds is 8. The highest BCUT2D eigenvalue weighted by Gasteiger charge is 2.16. The minimum absolute atomic E-state index is 0.523. The van der Waals surface area contributed by atoms with Crippen LogP contribution in [0.5, 0.6) is 0 Å².